The van der Waals surface area contributed by atoms with Crippen LogP contribution in [0.2, 0.25) is 0 Å². The van der Waals surface area contributed by atoms with Crippen LogP contribution in [0.15, 0.2) is 18.3 Å². The molecular weight excluding hydrogens is 234 g/mol. The normalized spacial score (nSPS) is 19.0. The summed E-state index contributed by atoms with van der Waals surface area (Å²) in [5, 5.41) is 5.92. The van der Waals surface area contributed by atoms with Crippen LogP contribution in [-0.2, 0) is 0 Å². The lowest BCUT2D eigenvalue weighted by Gasteiger charge is -2.09. The number of carbonyl (C=O) groups excluding carboxylic acids is 1. The fourth-order valence-corrected chi connectivity index (χ4v) is 3.03. The van der Waals surface area contributed by atoms with Gasteiger partial charge in [-0.05, 0) is 36.0 Å². The monoisotopic (exact) mass is 251 g/mol. The Morgan fingerprint density at radius 2 is 2.47 bits per heavy atom. The predicted molar refractivity (Wildman–Crippen MR) is 71.5 cm³/mol. The molecule has 1 aliphatic heterocycles. The summed E-state index contributed by atoms with van der Waals surface area (Å²) in [6.45, 7) is 0.765. The van der Waals surface area contributed by atoms with Crippen molar-refractivity contribution in [2.75, 3.05) is 30.4 Å². The van der Waals surface area contributed by atoms with Crippen molar-refractivity contribution in [3.8, 4) is 0 Å². The molecule has 0 bridgehead atoms. The highest BCUT2D eigenvalue weighted by molar-refractivity contribution is 7.99. The van der Waals surface area contributed by atoms with Gasteiger partial charge in [-0.25, -0.2) is 4.98 Å². The number of hydrogen-bond donors (Lipinski definition) is 2. The lowest BCUT2D eigenvalue weighted by atomic mass is 10.1. The van der Waals surface area contributed by atoms with Crippen molar-refractivity contribution in [3.05, 3.63) is 24.0 Å². The molecule has 17 heavy (non-hydrogen) atoms. The van der Waals surface area contributed by atoms with Gasteiger partial charge in [-0.2, -0.15) is 11.8 Å². The fraction of sp³-hybridized carbons (Fsp3) is 0.500. The van der Waals surface area contributed by atoms with E-state index in [4.69, 9.17) is 0 Å². The Morgan fingerprint density at radius 3 is 3.06 bits per heavy atom. The summed E-state index contributed by atoms with van der Waals surface area (Å²) < 4.78 is 0. The van der Waals surface area contributed by atoms with Crippen molar-refractivity contribution < 1.29 is 4.79 Å². The maximum atomic E-state index is 11.8. The van der Waals surface area contributed by atoms with E-state index in [1.807, 2.05) is 24.9 Å². The van der Waals surface area contributed by atoms with Gasteiger partial charge in [0.1, 0.15) is 5.69 Å². The average molecular weight is 251 g/mol. The minimum atomic E-state index is -0.0791. The van der Waals surface area contributed by atoms with Crippen molar-refractivity contribution in [1.82, 2.24) is 10.3 Å². The predicted octanol–water partition coefficient (Wildman–Crippen LogP) is 1.61. The van der Waals surface area contributed by atoms with Gasteiger partial charge in [-0.15, -0.1) is 0 Å². The molecule has 1 aromatic heterocycles. The van der Waals surface area contributed by atoms with Gasteiger partial charge in [0.15, 0.2) is 0 Å². The zero-order valence-electron chi connectivity index (χ0n) is 9.90. The number of nitrogens with zero attached hydrogens (tertiary/aromatic N) is 1. The number of thioether (sulfide) groups is 1. The molecule has 1 unspecified atom stereocenters. The molecule has 4 nitrogen and oxygen atoms in total. The molecule has 2 heterocycles. The third-order valence-electron chi connectivity index (χ3n) is 2.86. The molecule has 1 aromatic rings. The van der Waals surface area contributed by atoms with Crippen LogP contribution in [0.4, 0.5) is 5.69 Å². The van der Waals surface area contributed by atoms with E-state index in [0.29, 0.717) is 11.6 Å². The fourth-order valence-electron chi connectivity index (χ4n) is 1.75. The molecular formula is C12H17N3OS. The summed E-state index contributed by atoms with van der Waals surface area (Å²) in [5.41, 5.74) is 1.39. The molecule has 5 heteroatoms. The number of anilines is 1. The molecule has 0 saturated carbocycles. The lowest BCUT2D eigenvalue weighted by molar-refractivity contribution is 0.0943. The number of carbonyl (C=O) groups is 1. The number of hydrogen-bond acceptors (Lipinski definition) is 4. The van der Waals surface area contributed by atoms with E-state index in [1.54, 1.807) is 12.3 Å². The van der Waals surface area contributed by atoms with Gasteiger partial charge in [0, 0.05) is 13.6 Å². The van der Waals surface area contributed by atoms with Crippen LogP contribution >= 0.6 is 11.8 Å². The smallest absolute Gasteiger partial charge is 0.269 e. The van der Waals surface area contributed by atoms with Crippen molar-refractivity contribution in [3.63, 3.8) is 0 Å². The first-order valence-corrected chi connectivity index (χ1v) is 6.95. The Hall–Kier alpha value is -1.23. The van der Waals surface area contributed by atoms with Crippen molar-refractivity contribution >= 4 is 23.4 Å². The first kappa shape index (κ1) is 12.2. The Bertz CT molecular complexity index is 374. The molecule has 1 amide bonds. The molecule has 2 N–H and O–H groups in total. The number of aromatic nitrogens is 1. The number of nitrogens with one attached hydrogen (secondary N) is 2. The van der Waals surface area contributed by atoms with Gasteiger partial charge >= 0.3 is 0 Å². The molecule has 2 rings (SSSR count). The molecule has 0 aromatic carbocycles. The van der Waals surface area contributed by atoms with Gasteiger partial charge in [0.2, 0.25) is 0 Å². The molecule has 1 aliphatic rings. The average Bonchev–Trinajstić information content (AvgIpc) is 2.89. The van der Waals surface area contributed by atoms with Gasteiger partial charge in [0.25, 0.3) is 5.91 Å². The van der Waals surface area contributed by atoms with Gasteiger partial charge in [0.05, 0.1) is 11.9 Å². The zero-order chi connectivity index (χ0) is 12.1. The van der Waals surface area contributed by atoms with Crippen LogP contribution in [0.3, 0.4) is 0 Å². The second-order valence-electron chi connectivity index (χ2n) is 4.12. The highest BCUT2D eigenvalue weighted by Gasteiger charge is 2.16. The van der Waals surface area contributed by atoms with E-state index in [-0.39, 0.29) is 5.91 Å². The minimum absolute atomic E-state index is 0.0791. The highest BCUT2D eigenvalue weighted by atomic mass is 32.2. The molecule has 1 saturated heterocycles. The zero-order valence-corrected chi connectivity index (χ0v) is 10.7. The third kappa shape index (κ3) is 3.36. The summed E-state index contributed by atoms with van der Waals surface area (Å²) in [4.78, 5) is 15.9. The van der Waals surface area contributed by atoms with Crippen LogP contribution in [0.5, 0.6) is 0 Å². The Balaban J connectivity index is 1.85. The van der Waals surface area contributed by atoms with Crippen LogP contribution in [-0.4, -0.2) is 36.0 Å². The molecule has 1 fully saturated rings. The number of amides is 1. The van der Waals surface area contributed by atoms with E-state index in [2.05, 4.69) is 15.6 Å². The van der Waals surface area contributed by atoms with Gasteiger partial charge in [-0.1, -0.05) is 0 Å². The second kappa shape index (κ2) is 5.91. The summed E-state index contributed by atoms with van der Waals surface area (Å²) in [5.74, 6) is 2.92. The molecule has 0 aliphatic carbocycles. The summed E-state index contributed by atoms with van der Waals surface area (Å²) >= 11 is 1.96. The Morgan fingerprint density at radius 1 is 1.59 bits per heavy atom. The van der Waals surface area contributed by atoms with E-state index in [9.17, 15) is 4.79 Å². The van der Waals surface area contributed by atoms with Gasteiger partial charge in [-0.3, -0.25) is 4.79 Å². The van der Waals surface area contributed by atoms with Crippen molar-refractivity contribution in [2.24, 2.45) is 5.92 Å². The largest absolute Gasteiger partial charge is 0.387 e. The molecule has 92 valence electrons. The number of rotatable bonds is 4. The highest BCUT2D eigenvalue weighted by Crippen LogP contribution is 2.22. The Labute approximate surface area is 106 Å². The first-order chi connectivity index (χ1) is 8.29. The van der Waals surface area contributed by atoms with Crippen LogP contribution in [0, 0.1) is 5.92 Å². The second-order valence-corrected chi connectivity index (χ2v) is 5.27. The molecule has 0 spiro atoms. The van der Waals surface area contributed by atoms with Crippen molar-refractivity contribution in [1.29, 1.82) is 0 Å². The summed E-state index contributed by atoms with van der Waals surface area (Å²) in [6, 6.07) is 3.60. The minimum Gasteiger partial charge on any atom is -0.387 e. The summed E-state index contributed by atoms with van der Waals surface area (Å²) in [7, 11) is 1.83. The van der Waals surface area contributed by atoms with Crippen LogP contribution in [0.25, 0.3) is 0 Å². The topological polar surface area (TPSA) is 54.0 Å². The SMILES string of the molecule is CNc1ccc(C(=O)NCC2CCSC2)nc1. The third-order valence-corrected chi connectivity index (χ3v) is 4.09. The maximum absolute atomic E-state index is 11.8. The Kier molecular flexibility index (Phi) is 4.25. The summed E-state index contributed by atoms with van der Waals surface area (Å²) in [6.07, 6.45) is 2.87. The standard InChI is InChI=1S/C12H17N3OS/c1-13-10-2-3-11(14-7-10)12(16)15-6-9-4-5-17-8-9/h2-3,7,9,13H,4-6,8H2,1H3,(H,15,16). The van der Waals surface area contributed by atoms with E-state index < -0.39 is 0 Å². The lowest BCUT2D eigenvalue weighted by Crippen LogP contribution is -2.29. The van der Waals surface area contributed by atoms with E-state index in [1.165, 1.54) is 12.2 Å². The quantitative estimate of drug-likeness (QED) is 0.853. The van der Waals surface area contributed by atoms with Gasteiger partial charge < -0.3 is 10.6 Å². The van der Waals surface area contributed by atoms with E-state index >= 15 is 0 Å². The van der Waals surface area contributed by atoms with Crippen molar-refractivity contribution in [2.45, 2.75) is 6.42 Å². The molecule has 1 atom stereocenters. The number of pyridine rings is 1. The van der Waals surface area contributed by atoms with Crippen LogP contribution < -0.4 is 10.6 Å². The van der Waals surface area contributed by atoms with Crippen LogP contribution in [0.1, 0.15) is 16.9 Å². The maximum Gasteiger partial charge on any atom is 0.269 e. The first-order valence-electron chi connectivity index (χ1n) is 5.79. The molecule has 0 radical (unpaired) electrons. The van der Waals surface area contributed by atoms with E-state index in [0.717, 1.165) is 18.0 Å².